The minimum absolute atomic E-state index is 1.22. The summed E-state index contributed by atoms with van der Waals surface area (Å²) in [6, 6.07) is 0. The average molecular weight is 272 g/mol. The van der Waals surface area contributed by atoms with E-state index in [1.165, 1.54) is 6.42 Å². The van der Waals surface area contributed by atoms with Crippen molar-refractivity contribution in [2.45, 2.75) is 27.3 Å². The van der Waals surface area contributed by atoms with Gasteiger partial charge in [0.05, 0.1) is 0 Å². The zero-order valence-corrected chi connectivity index (χ0v) is 14.1. The van der Waals surface area contributed by atoms with Crippen molar-refractivity contribution in [2.75, 3.05) is 14.1 Å². The molecule has 1 aliphatic rings. The summed E-state index contributed by atoms with van der Waals surface area (Å²) in [5.74, 6) is 0. The van der Waals surface area contributed by atoms with Crippen LogP contribution >= 0.6 is 0 Å². The Kier molecular flexibility index (Phi) is 9.70. The summed E-state index contributed by atoms with van der Waals surface area (Å²) in [5.41, 5.74) is 0. The second-order valence-corrected chi connectivity index (χ2v) is 19.8. The Bertz CT molecular complexity index is 275. The first-order chi connectivity index (χ1) is 7.69. The van der Waals surface area contributed by atoms with E-state index in [0.717, 1.165) is 0 Å². The summed E-state index contributed by atoms with van der Waals surface area (Å²) < 4.78 is 1.72. The summed E-state index contributed by atoms with van der Waals surface area (Å²) in [7, 11) is 3.75. The molecule has 0 saturated heterocycles. The van der Waals surface area contributed by atoms with Crippen molar-refractivity contribution in [1.29, 1.82) is 0 Å². The molecule has 0 aliphatic heterocycles. The molecular formula is C15H30NTi. The molecule has 1 rings (SSSR count). The van der Waals surface area contributed by atoms with Gasteiger partial charge in [-0.05, 0) is 14.1 Å². The third kappa shape index (κ3) is 11.9. The van der Waals surface area contributed by atoms with E-state index in [1.54, 1.807) is 16.0 Å². The van der Waals surface area contributed by atoms with Crippen molar-refractivity contribution >= 4 is 0 Å². The van der Waals surface area contributed by atoms with Crippen LogP contribution in [0.25, 0.3) is 0 Å². The Morgan fingerprint density at radius 2 is 1.53 bits per heavy atom. The molecule has 0 aromatic carbocycles. The molecule has 0 amide bonds. The fourth-order valence-corrected chi connectivity index (χ4v) is 3.84. The van der Waals surface area contributed by atoms with Crippen LogP contribution in [-0.4, -0.2) is 14.1 Å². The van der Waals surface area contributed by atoms with Crippen LogP contribution in [0, 0.1) is 0 Å². The van der Waals surface area contributed by atoms with Gasteiger partial charge in [-0.15, -0.1) is 0 Å². The molecule has 0 spiro atoms. The second-order valence-electron chi connectivity index (χ2n) is 6.30. The molecule has 1 aliphatic carbocycles. The standard InChI is InChI=1S/C5H5.C4H6.C2H7N.4CH3.Ti/c1-2-4-5-3-1;1-3-4-2;1-3-2;;;;;/h1-3H,4H2;3-4H,1-2H2;3H,1-2H3;4*1H3;. The van der Waals surface area contributed by atoms with E-state index >= 15 is 0 Å². The van der Waals surface area contributed by atoms with E-state index in [2.05, 4.69) is 57.6 Å². The molecular weight excluding hydrogens is 242 g/mol. The summed E-state index contributed by atoms with van der Waals surface area (Å²) in [5, 5.41) is 12.6. The summed E-state index contributed by atoms with van der Waals surface area (Å²) in [6.45, 7) is 6.72. The van der Waals surface area contributed by atoms with Crippen molar-refractivity contribution in [1.82, 2.24) is 5.32 Å². The molecule has 0 radical (unpaired) electrons. The van der Waals surface area contributed by atoms with Gasteiger partial charge in [-0.25, -0.2) is 0 Å². The molecule has 0 heterocycles. The van der Waals surface area contributed by atoms with Gasteiger partial charge in [-0.3, -0.25) is 0 Å². The van der Waals surface area contributed by atoms with E-state index in [1.807, 2.05) is 14.1 Å². The van der Waals surface area contributed by atoms with Gasteiger partial charge < -0.3 is 5.32 Å². The molecule has 17 heavy (non-hydrogen) atoms. The zero-order chi connectivity index (χ0) is 14.0. The summed E-state index contributed by atoms with van der Waals surface area (Å²) in [6.07, 6.45) is 11.3. The van der Waals surface area contributed by atoms with E-state index in [9.17, 15) is 0 Å². The van der Waals surface area contributed by atoms with Gasteiger partial charge in [0.1, 0.15) is 0 Å². The fourth-order valence-electron chi connectivity index (χ4n) is 1.19. The van der Waals surface area contributed by atoms with E-state index < -0.39 is 15.3 Å². The average Bonchev–Trinajstić information content (AvgIpc) is 2.71. The minimum atomic E-state index is -2.02. The van der Waals surface area contributed by atoms with Gasteiger partial charge in [0, 0.05) is 0 Å². The second kappa shape index (κ2) is 8.69. The maximum absolute atomic E-state index is 3.36. The first-order valence-electron chi connectivity index (χ1n) is 6.12. The van der Waals surface area contributed by atoms with Crippen LogP contribution in [0.5, 0.6) is 0 Å². The third-order valence-electron chi connectivity index (χ3n) is 2.22. The number of allylic oxidation sites excluding steroid dienone is 6. The van der Waals surface area contributed by atoms with Crippen LogP contribution in [0.15, 0.2) is 47.4 Å². The number of hydrogen-bond acceptors (Lipinski definition) is 1. The van der Waals surface area contributed by atoms with Crippen LogP contribution in [-0.2, 0) is 15.3 Å². The molecule has 0 atom stereocenters. The molecule has 1 nitrogen and oxygen atoms in total. The third-order valence-corrected chi connectivity index (χ3v) is 6.81. The first kappa shape index (κ1) is 19.0. The van der Waals surface area contributed by atoms with Crippen LogP contribution in [0.1, 0.15) is 6.42 Å². The monoisotopic (exact) mass is 272 g/mol. The molecule has 1 N–H and O–H groups in total. The van der Waals surface area contributed by atoms with Crippen molar-refractivity contribution in [3.05, 3.63) is 47.4 Å². The molecule has 0 fully saturated rings. The molecule has 99 valence electrons. The quantitative estimate of drug-likeness (QED) is 0.556. The Hall–Kier alpha value is -0.366. The van der Waals surface area contributed by atoms with Crippen LogP contribution in [0.2, 0.25) is 20.9 Å². The van der Waals surface area contributed by atoms with E-state index in [0.29, 0.717) is 0 Å². The van der Waals surface area contributed by atoms with Gasteiger partial charge >= 0.3 is 64.7 Å². The SMILES string of the molecule is C=CC=C.CNC.[CH3][Ti]([CH3])([CH3])([CH3])[C]1=CC=CC1. The van der Waals surface area contributed by atoms with Gasteiger partial charge in [-0.2, -0.15) is 0 Å². The van der Waals surface area contributed by atoms with Crippen molar-refractivity contribution < 1.29 is 15.3 Å². The van der Waals surface area contributed by atoms with Crippen LogP contribution < -0.4 is 5.32 Å². The number of nitrogens with one attached hydrogen (secondary N) is 1. The van der Waals surface area contributed by atoms with Gasteiger partial charge in [-0.1, -0.05) is 25.3 Å². The number of hydrogen-bond donors (Lipinski definition) is 1. The number of rotatable bonds is 2. The van der Waals surface area contributed by atoms with Crippen molar-refractivity contribution in [2.24, 2.45) is 0 Å². The Labute approximate surface area is 109 Å². The van der Waals surface area contributed by atoms with Gasteiger partial charge in [0.15, 0.2) is 0 Å². The van der Waals surface area contributed by atoms with Gasteiger partial charge in [0.2, 0.25) is 0 Å². The Morgan fingerprint density at radius 3 is 1.65 bits per heavy atom. The van der Waals surface area contributed by atoms with Crippen LogP contribution in [0.4, 0.5) is 0 Å². The Balaban J connectivity index is 0. The van der Waals surface area contributed by atoms with Crippen molar-refractivity contribution in [3.8, 4) is 0 Å². The van der Waals surface area contributed by atoms with Crippen LogP contribution in [0.3, 0.4) is 0 Å². The fraction of sp³-hybridized carbons (Fsp3) is 0.467. The molecule has 0 unspecified atom stereocenters. The summed E-state index contributed by atoms with van der Waals surface area (Å²) >= 11 is -2.02. The predicted molar refractivity (Wildman–Crippen MR) is 80.7 cm³/mol. The maximum atomic E-state index is 3.36. The zero-order valence-electron chi connectivity index (χ0n) is 12.5. The normalized spacial score (nSPS) is 15.2. The van der Waals surface area contributed by atoms with E-state index in [-0.39, 0.29) is 0 Å². The predicted octanol–water partition coefficient (Wildman–Crippen LogP) is 4.91. The molecule has 0 bridgehead atoms. The molecule has 0 aromatic rings. The molecule has 2 heteroatoms. The molecule has 0 saturated carbocycles. The first-order valence-corrected chi connectivity index (χ1v) is 13.1. The van der Waals surface area contributed by atoms with E-state index in [4.69, 9.17) is 0 Å². The Morgan fingerprint density at radius 1 is 1.12 bits per heavy atom. The topological polar surface area (TPSA) is 12.0 Å². The molecule has 0 aromatic heterocycles. The van der Waals surface area contributed by atoms with Crippen molar-refractivity contribution in [3.63, 3.8) is 0 Å². The summed E-state index contributed by atoms with van der Waals surface area (Å²) in [4.78, 5) is 0. The van der Waals surface area contributed by atoms with Gasteiger partial charge in [0.25, 0.3) is 0 Å².